The summed E-state index contributed by atoms with van der Waals surface area (Å²) in [4.78, 5) is 4.18. The summed E-state index contributed by atoms with van der Waals surface area (Å²) >= 11 is 1.58. The van der Waals surface area contributed by atoms with Crippen molar-refractivity contribution in [2.75, 3.05) is 26.0 Å². The Kier molecular flexibility index (Phi) is 4.60. The second-order valence-electron chi connectivity index (χ2n) is 5.55. The number of thiazole rings is 1. The SMILES string of the molecule is CS(=O)(=O)N1CCO[C@@H]2[C@H](COCc3nccs3)CC[C@H]21. The van der Waals surface area contributed by atoms with E-state index >= 15 is 0 Å². The Morgan fingerprint density at radius 3 is 3.10 bits per heavy atom. The third-order valence-corrected chi connectivity index (χ3v) is 6.19. The topological polar surface area (TPSA) is 68.7 Å². The normalized spacial score (nSPS) is 30.4. The average Bonchev–Trinajstić information content (AvgIpc) is 3.07. The highest BCUT2D eigenvalue weighted by Crippen LogP contribution is 2.36. The van der Waals surface area contributed by atoms with Gasteiger partial charge in [0.25, 0.3) is 0 Å². The van der Waals surface area contributed by atoms with Crippen molar-refractivity contribution in [1.29, 1.82) is 0 Å². The predicted molar refractivity (Wildman–Crippen MR) is 79.6 cm³/mol. The maximum absolute atomic E-state index is 11.8. The lowest BCUT2D eigenvalue weighted by Gasteiger charge is -2.37. The molecule has 6 nitrogen and oxygen atoms in total. The fraction of sp³-hybridized carbons (Fsp3) is 0.769. The summed E-state index contributed by atoms with van der Waals surface area (Å²) in [7, 11) is -3.16. The molecule has 0 bridgehead atoms. The molecular weight excluding hydrogens is 312 g/mol. The third kappa shape index (κ3) is 3.45. The van der Waals surface area contributed by atoms with Gasteiger partial charge in [-0.25, -0.2) is 13.4 Å². The second-order valence-corrected chi connectivity index (χ2v) is 8.47. The number of aromatic nitrogens is 1. The van der Waals surface area contributed by atoms with Crippen molar-refractivity contribution in [3.05, 3.63) is 16.6 Å². The molecule has 21 heavy (non-hydrogen) atoms. The largest absolute Gasteiger partial charge is 0.375 e. The van der Waals surface area contributed by atoms with E-state index in [0.717, 1.165) is 17.8 Å². The standard InChI is InChI=1S/C13H20N2O4S2/c1-21(16,17)15-5-6-19-13-10(2-3-11(13)15)8-18-9-12-14-4-7-20-12/h4,7,10-11,13H,2-3,5-6,8-9H2,1H3/t10-,11+,13+/m0/s1. The van der Waals surface area contributed by atoms with Crippen LogP contribution in [0.3, 0.4) is 0 Å². The minimum Gasteiger partial charge on any atom is -0.375 e. The van der Waals surface area contributed by atoms with Crippen molar-refractivity contribution >= 4 is 21.4 Å². The number of fused-ring (bicyclic) bond motifs is 1. The number of hydrogen-bond donors (Lipinski definition) is 0. The minimum absolute atomic E-state index is 0.0257. The van der Waals surface area contributed by atoms with Crippen LogP contribution < -0.4 is 0 Å². The first-order valence-corrected chi connectivity index (χ1v) is 9.83. The van der Waals surface area contributed by atoms with E-state index in [1.54, 1.807) is 21.8 Å². The Balaban J connectivity index is 1.57. The molecule has 2 heterocycles. The molecule has 1 aromatic heterocycles. The summed E-state index contributed by atoms with van der Waals surface area (Å²) in [5.74, 6) is 0.263. The van der Waals surface area contributed by atoms with Gasteiger partial charge in [-0.3, -0.25) is 0 Å². The van der Waals surface area contributed by atoms with Crippen molar-refractivity contribution in [1.82, 2.24) is 9.29 Å². The van der Waals surface area contributed by atoms with E-state index in [0.29, 0.717) is 26.4 Å². The molecule has 1 aliphatic heterocycles. The summed E-state index contributed by atoms with van der Waals surface area (Å²) in [5, 5.41) is 2.89. The zero-order valence-electron chi connectivity index (χ0n) is 12.0. The van der Waals surface area contributed by atoms with Crippen LogP contribution in [0.4, 0.5) is 0 Å². The second kappa shape index (κ2) is 6.29. The van der Waals surface area contributed by atoms with Gasteiger partial charge < -0.3 is 9.47 Å². The number of nitrogens with zero attached hydrogens (tertiary/aromatic N) is 2. The van der Waals surface area contributed by atoms with E-state index < -0.39 is 10.0 Å². The van der Waals surface area contributed by atoms with Gasteiger partial charge >= 0.3 is 0 Å². The van der Waals surface area contributed by atoms with Gasteiger partial charge in [-0.05, 0) is 12.8 Å². The maximum atomic E-state index is 11.8. The van der Waals surface area contributed by atoms with Crippen molar-refractivity contribution < 1.29 is 17.9 Å². The van der Waals surface area contributed by atoms with Crippen LogP contribution in [0.1, 0.15) is 17.8 Å². The summed E-state index contributed by atoms with van der Waals surface area (Å²) in [6.45, 7) is 2.05. The highest BCUT2D eigenvalue weighted by molar-refractivity contribution is 7.88. The smallest absolute Gasteiger partial charge is 0.211 e. The fourth-order valence-electron chi connectivity index (χ4n) is 3.24. The average molecular weight is 332 g/mol. The van der Waals surface area contributed by atoms with Crippen LogP contribution >= 0.6 is 11.3 Å². The van der Waals surface area contributed by atoms with E-state index in [4.69, 9.17) is 9.47 Å². The molecule has 1 saturated carbocycles. The van der Waals surface area contributed by atoms with Crippen molar-refractivity contribution in [2.45, 2.75) is 31.6 Å². The molecule has 0 N–H and O–H groups in total. The Morgan fingerprint density at radius 2 is 2.38 bits per heavy atom. The Hall–Kier alpha value is -0.540. The number of hydrogen-bond acceptors (Lipinski definition) is 6. The van der Waals surface area contributed by atoms with E-state index in [2.05, 4.69) is 4.98 Å². The molecule has 1 aliphatic carbocycles. The fourth-order valence-corrected chi connectivity index (χ4v) is 4.91. The van der Waals surface area contributed by atoms with Crippen LogP contribution in [0.2, 0.25) is 0 Å². The van der Waals surface area contributed by atoms with Gasteiger partial charge in [-0.2, -0.15) is 4.31 Å². The molecule has 0 radical (unpaired) electrons. The van der Waals surface area contributed by atoms with Crippen LogP contribution in [0.15, 0.2) is 11.6 Å². The summed E-state index contributed by atoms with van der Waals surface area (Å²) in [6.07, 6.45) is 4.80. The first kappa shape index (κ1) is 15.4. The van der Waals surface area contributed by atoms with E-state index in [9.17, 15) is 8.42 Å². The maximum Gasteiger partial charge on any atom is 0.211 e. The van der Waals surface area contributed by atoms with Crippen LogP contribution in [-0.4, -0.2) is 55.9 Å². The van der Waals surface area contributed by atoms with E-state index in [1.165, 1.54) is 6.26 Å². The first-order valence-electron chi connectivity index (χ1n) is 7.10. The molecule has 1 aromatic rings. The molecule has 3 rings (SSSR count). The highest BCUT2D eigenvalue weighted by atomic mass is 32.2. The van der Waals surface area contributed by atoms with Crippen LogP contribution in [0, 0.1) is 5.92 Å². The lowest BCUT2D eigenvalue weighted by molar-refractivity contribution is -0.0638. The number of ether oxygens (including phenoxy) is 2. The van der Waals surface area contributed by atoms with Gasteiger partial charge in [0.05, 0.1) is 38.2 Å². The third-order valence-electron chi connectivity index (χ3n) is 4.14. The number of morpholine rings is 1. The van der Waals surface area contributed by atoms with Gasteiger partial charge in [-0.1, -0.05) is 0 Å². The molecule has 118 valence electrons. The monoisotopic (exact) mass is 332 g/mol. The van der Waals surface area contributed by atoms with E-state index in [1.807, 2.05) is 5.38 Å². The van der Waals surface area contributed by atoms with Crippen LogP contribution in [-0.2, 0) is 26.1 Å². The Morgan fingerprint density at radius 1 is 1.52 bits per heavy atom. The van der Waals surface area contributed by atoms with Gasteiger partial charge in [0, 0.05) is 24.0 Å². The molecule has 2 aliphatic rings. The van der Waals surface area contributed by atoms with Gasteiger partial charge in [0.2, 0.25) is 10.0 Å². The van der Waals surface area contributed by atoms with Gasteiger partial charge in [-0.15, -0.1) is 11.3 Å². The molecule has 8 heteroatoms. The van der Waals surface area contributed by atoms with Gasteiger partial charge in [0.1, 0.15) is 5.01 Å². The van der Waals surface area contributed by atoms with Crippen molar-refractivity contribution in [3.8, 4) is 0 Å². The quantitative estimate of drug-likeness (QED) is 0.808. The molecule has 0 aromatic carbocycles. The molecule has 0 unspecified atom stereocenters. The molecule has 1 saturated heterocycles. The number of sulfonamides is 1. The lowest BCUT2D eigenvalue weighted by atomic mass is 10.1. The van der Waals surface area contributed by atoms with Gasteiger partial charge in [0.15, 0.2) is 0 Å². The summed E-state index contributed by atoms with van der Waals surface area (Å²) in [5.41, 5.74) is 0. The Bertz CT molecular complexity index is 561. The zero-order chi connectivity index (χ0) is 14.9. The molecular formula is C13H20N2O4S2. The molecule has 3 atom stereocenters. The molecule has 2 fully saturated rings. The summed E-state index contributed by atoms with van der Waals surface area (Å²) in [6, 6.07) is -0.0257. The van der Waals surface area contributed by atoms with E-state index in [-0.39, 0.29) is 18.1 Å². The lowest BCUT2D eigenvalue weighted by Crippen LogP contribution is -2.52. The first-order chi connectivity index (χ1) is 10.1. The zero-order valence-corrected chi connectivity index (χ0v) is 13.6. The summed E-state index contributed by atoms with van der Waals surface area (Å²) < 4.78 is 36.8. The van der Waals surface area contributed by atoms with Crippen LogP contribution in [0.25, 0.3) is 0 Å². The Labute approximate surface area is 129 Å². The highest BCUT2D eigenvalue weighted by Gasteiger charge is 2.45. The van der Waals surface area contributed by atoms with Crippen molar-refractivity contribution in [2.24, 2.45) is 5.92 Å². The number of rotatable bonds is 5. The minimum atomic E-state index is -3.16. The molecule has 0 spiro atoms. The van der Waals surface area contributed by atoms with Crippen LogP contribution in [0.5, 0.6) is 0 Å². The molecule has 0 amide bonds. The predicted octanol–water partition coefficient (Wildman–Crippen LogP) is 1.10. The van der Waals surface area contributed by atoms with Crippen molar-refractivity contribution in [3.63, 3.8) is 0 Å².